The fraction of sp³-hybridized carbons (Fsp3) is 0.429. The van der Waals surface area contributed by atoms with Gasteiger partial charge in [0.2, 0.25) is 0 Å². The van der Waals surface area contributed by atoms with Crippen molar-refractivity contribution in [2.75, 3.05) is 26.2 Å². The van der Waals surface area contributed by atoms with Crippen molar-refractivity contribution in [2.45, 2.75) is 13.3 Å². The van der Waals surface area contributed by atoms with Gasteiger partial charge in [-0.2, -0.15) is 0 Å². The third kappa shape index (κ3) is 5.38. The summed E-state index contributed by atoms with van der Waals surface area (Å²) in [5, 5.41) is 23.8. The van der Waals surface area contributed by atoms with Gasteiger partial charge >= 0.3 is 11.9 Å². The van der Waals surface area contributed by atoms with Gasteiger partial charge in [0, 0.05) is 13.1 Å². The average Bonchev–Trinajstić information content (AvgIpc) is 2.71. The lowest BCUT2D eigenvalue weighted by atomic mass is 10.1. The van der Waals surface area contributed by atoms with Crippen molar-refractivity contribution in [1.29, 1.82) is 0 Å². The molecule has 6 nitrogen and oxygen atoms in total. The van der Waals surface area contributed by atoms with Crippen molar-refractivity contribution in [3.05, 3.63) is 34.9 Å². The van der Waals surface area contributed by atoms with Crippen LogP contribution < -0.4 is 10.6 Å². The predicted octanol–water partition coefficient (Wildman–Crippen LogP) is 0.961. The molecule has 0 aromatic heterocycles. The number of nitrogens with one attached hydrogen (secondary N) is 2. The second kappa shape index (κ2) is 8.29. The summed E-state index contributed by atoms with van der Waals surface area (Å²) in [6.45, 7) is 6.27. The minimum atomic E-state index is -1.12. The molecular weight excluding hydrogens is 260 g/mol. The Balaban J connectivity index is 0.000000240. The van der Waals surface area contributed by atoms with Gasteiger partial charge in [0.15, 0.2) is 0 Å². The first-order chi connectivity index (χ1) is 9.52. The highest BCUT2D eigenvalue weighted by atomic mass is 16.4. The number of benzene rings is 1. The molecule has 0 saturated carbocycles. The van der Waals surface area contributed by atoms with E-state index in [4.69, 9.17) is 10.2 Å². The van der Waals surface area contributed by atoms with E-state index in [9.17, 15) is 9.59 Å². The van der Waals surface area contributed by atoms with E-state index in [2.05, 4.69) is 10.6 Å². The first-order valence-corrected chi connectivity index (χ1v) is 6.51. The average molecular weight is 280 g/mol. The Bertz CT molecular complexity index is 455. The molecule has 0 spiro atoms. The normalized spacial score (nSPS) is 14.7. The number of aromatic carboxylic acids is 2. The highest BCUT2D eigenvalue weighted by molar-refractivity contribution is 5.94. The van der Waals surface area contributed by atoms with E-state index in [0.29, 0.717) is 5.56 Å². The van der Waals surface area contributed by atoms with Gasteiger partial charge < -0.3 is 20.8 Å². The van der Waals surface area contributed by atoms with Gasteiger partial charge in [0.1, 0.15) is 0 Å². The van der Waals surface area contributed by atoms with Gasteiger partial charge in [-0.15, -0.1) is 0 Å². The molecule has 0 unspecified atom stereocenters. The van der Waals surface area contributed by atoms with Crippen LogP contribution in [0.2, 0.25) is 0 Å². The maximum absolute atomic E-state index is 10.6. The van der Waals surface area contributed by atoms with E-state index in [0.717, 1.165) is 19.2 Å². The fourth-order valence-corrected chi connectivity index (χ4v) is 1.75. The molecule has 0 amide bonds. The molecule has 20 heavy (non-hydrogen) atoms. The maximum Gasteiger partial charge on any atom is 0.335 e. The number of hydrogen-bond acceptors (Lipinski definition) is 4. The molecule has 1 heterocycles. The Labute approximate surface area is 117 Å². The maximum atomic E-state index is 10.6. The Hall–Kier alpha value is -1.92. The van der Waals surface area contributed by atoms with Crippen LogP contribution in [0.3, 0.4) is 0 Å². The molecule has 0 bridgehead atoms. The zero-order valence-corrected chi connectivity index (χ0v) is 11.5. The molecule has 4 N–H and O–H groups in total. The van der Waals surface area contributed by atoms with Crippen LogP contribution in [0.15, 0.2) is 18.2 Å². The minimum Gasteiger partial charge on any atom is -0.478 e. The summed E-state index contributed by atoms with van der Waals surface area (Å²) in [5.41, 5.74) is 0.570. The molecule has 0 radical (unpaired) electrons. The van der Waals surface area contributed by atoms with Gasteiger partial charge in [0.05, 0.1) is 11.1 Å². The number of carboxylic acid groups (broad SMARTS) is 2. The predicted molar refractivity (Wildman–Crippen MR) is 75.5 cm³/mol. The molecule has 1 fully saturated rings. The molecule has 6 heteroatoms. The molecule has 1 aromatic rings. The molecule has 1 aromatic carbocycles. The molecule has 2 rings (SSSR count). The third-order valence-corrected chi connectivity index (χ3v) is 2.90. The summed E-state index contributed by atoms with van der Waals surface area (Å²) in [7, 11) is 0. The second-order valence-electron chi connectivity index (χ2n) is 4.49. The van der Waals surface area contributed by atoms with E-state index in [-0.39, 0.29) is 11.1 Å². The van der Waals surface area contributed by atoms with Crippen molar-refractivity contribution in [1.82, 2.24) is 10.6 Å². The quantitative estimate of drug-likeness (QED) is 0.644. The van der Waals surface area contributed by atoms with E-state index >= 15 is 0 Å². The summed E-state index contributed by atoms with van der Waals surface area (Å²) in [6.07, 6.45) is 1.28. The van der Waals surface area contributed by atoms with Gasteiger partial charge in [-0.3, -0.25) is 0 Å². The Morgan fingerprint density at radius 3 is 2.10 bits per heavy atom. The van der Waals surface area contributed by atoms with Gasteiger partial charge in [-0.1, -0.05) is 6.07 Å². The van der Waals surface area contributed by atoms with Gasteiger partial charge in [0.25, 0.3) is 0 Å². The van der Waals surface area contributed by atoms with Crippen LogP contribution in [-0.4, -0.2) is 48.3 Å². The molecule has 0 aliphatic carbocycles. The van der Waals surface area contributed by atoms with Crippen molar-refractivity contribution in [2.24, 2.45) is 0 Å². The van der Waals surface area contributed by atoms with Crippen LogP contribution >= 0.6 is 0 Å². The number of carbonyl (C=O) groups is 2. The topological polar surface area (TPSA) is 98.7 Å². The van der Waals surface area contributed by atoms with Crippen LogP contribution in [0.5, 0.6) is 0 Å². The van der Waals surface area contributed by atoms with E-state index in [1.165, 1.54) is 31.6 Å². The Morgan fingerprint density at radius 2 is 1.60 bits per heavy atom. The lowest BCUT2D eigenvalue weighted by Crippen LogP contribution is -2.21. The summed E-state index contributed by atoms with van der Waals surface area (Å²) < 4.78 is 0. The summed E-state index contributed by atoms with van der Waals surface area (Å²) >= 11 is 0. The number of carboxylic acids is 2. The fourth-order valence-electron chi connectivity index (χ4n) is 1.75. The minimum absolute atomic E-state index is 0.0111. The van der Waals surface area contributed by atoms with Crippen LogP contribution in [0.1, 0.15) is 32.7 Å². The second-order valence-corrected chi connectivity index (χ2v) is 4.49. The molecular formula is C14H20N2O4. The van der Waals surface area contributed by atoms with Crippen molar-refractivity contribution >= 4 is 11.9 Å². The number of aryl methyl sites for hydroxylation is 1. The van der Waals surface area contributed by atoms with E-state index < -0.39 is 11.9 Å². The number of rotatable bonds is 2. The first kappa shape index (κ1) is 16.1. The van der Waals surface area contributed by atoms with E-state index in [1.807, 2.05) is 0 Å². The van der Waals surface area contributed by atoms with Crippen molar-refractivity contribution < 1.29 is 19.8 Å². The van der Waals surface area contributed by atoms with Crippen LogP contribution in [0, 0.1) is 6.92 Å². The summed E-state index contributed by atoms with van der Waals surface area (Å²) in [4.78, 5) is 21.1. The largest absolute Gasteiger partial charge is 0.478 e. The highest BCUT2D eigenvalue weighted by Crippen LogP contribution is 2.11. The Morgan fingerprint density at radius 1 is 1.00 bits per heavy atom. The van der Waals surface area contributed by atoms with Crippen LogP contribution in [-0.2, 0) is 0 Å². The summed E-state index contributed by atoms with van der Waals surface area (Å²) in [6, 6.07) is 4.01. The number of hydrogen-bond donors (Lipinski definition) is 4. The standard InChI is InChI=1S/C9H8O4.C5H12N2/c1-5-2-3-6(8(10)11)4-7(5)9(12)13;1-2-6-4-5-7-3-1/h2-4H,1H3,(H,10,11)(H,12,13);6-7H,1-5H2. The highest BCUT2D eigenvalue weighted by Gasteiger charge is 2.10. The molecule has 1 aliphatic heterocycles. The molecule has 110 valence electrons. The first-order valence-electron chi connectivity index (χ1n) is 6.51. The molecule has 0 atom stereocenters. The SMILES string of the molecule is C1CNCCNC1.Cc1ccc(C(=O)O)cc1C(=O)O. The lowest BCUT2D eigenvalue weighted by Gasteiger charge is -2.01. The zero-order valence-electron chi connectivity index (χ0n) is 11.5. The molecule has 1 aliphatic rings. The smallest absolute Gasteiger partial charge is 0.335 e. The monoisotopic (exact) mass is 280 g/mol. The molecule has 1 saturated heterocycles. The van der Waals surface area contributed by atoms with Crippen LogP contribution in [0.25, 0.3) is 0 Å². The Kier molecular flexibility index (Phi) is 6.69. The lowest BCUT2D eigenvalue weighted by molar-refractivity contribution is 0.0695. The third-order valence-electron chi connectivity index (χ3n) is 2.90. The van der Waals surface area contributed by atoms with Crippen molar-refractivity contribution in [3.63, 3.8) is 0 Å². The zero-order chi connectivity index (χ0) is 15.0. The van der Waals surface area contributed by atoms with Gasteiger partial charge in [-0.05, 0) is 44.1 Å². The van der Waals surface area contributed by atoms with E-state index in [1.54, 1.807) is 6.92 Å². The van der Waals surface area contributed by atoms with Crippen LogP contribution in [0.4, 0.5) is 0 Å². The van der Waals surface area contributed by atoms with Crippen molar-refractivity contribution in [3.8, 4) is 0 Å². The van der Waals surface area contributed by atoms with Gasteiger partial charge in [-0.25, -0.2) is 9.59 Å². The summed E-state index contributed by atoms with van der Waals surface area (Å²) in [5.74, 6) is -2.23.